The highest BCUT2D eigenvalue weighted by molar-refractivity contribution is 5.73. The molecule has 0 aliphatic heterocycles. The van der Waals surface area contributed by atoms with Gasteiger partial charge < -0.3 is 19.5 Å². The molecule has 3 aliphatic carbocycles. The molecule has 202 valence electrons. The first kappa shape index (κ1) is 26.9. The van der Waals surface area contributed by atoms with Crippen molar-refractivity contribution < 1.29 is 24.2 Å². The first-order chi connectivity index (χ1) is 17.8. The quantitative estimate of drug-likeness (QED) is 0.570. The van der Waals surface area contributed by atoms with Crippen LogP contribution in [0.5, 0.6) is 5.75 Å². The predicted molar refractivity (Wildman–Crippen MR) is 136 cm³/mol. The van der Waals surface area contributed by atoms with E-state index < -0.39 is 0 Å². The van der Waals surface area contributed by atoms with Crippen LogP contribution in [0.4, 0.5) is 4.79 Å². The van der Waals surface area contributed by atoms with Gasteiger partial charge in [0.25, 0.3) is 0 Å². The maximum absolute atomic E-state index is 12.2. The zero-order valence-electron chi connectivity index (χ0n) is 22.4. The number of hydrogen-bond donors (Lipinski definition) is 1. The largest absolute Gasteiger partial charge is 0.506 e. The summed E-state index contributed by atoms with van der Waals surface area (Å²) in [6.45, 7) is 2.51. The highest BCUT2D eigenvalue weighted by atomic mass is 16.6. The fourth-order valence-corrected chi connectivity index (χ4v) is 5.54. The van der Waals surface area contributed by atoms with E-state index in [4.69, 9.17) is 9.47 Å². The van der Waals surface area contributed by atoms with Crippen molar-refractivity contribution in [2.75, 3.05) is 20.7 Å². The molecule has 3 saturated carbocycles. The van der Waals surface area contributed by atoms with Crippen LogP contribution in [0.25, 0.3) is 11.4 Å². The lowest BCUT2D eigenvalue weighted by atomic mass is 9.60. The van der Waals surface area contributed by atoms with Gasteiger partial charge in [-0.3, -0.25) is 4.79 Å². The van der Waals surface area contributed by atoms with Gasteiger partial charge in [0.15, 0.2) is 0 Å². The Morgan fingerprint density at radius 2 is 1.89 bits per heavy atom. The van der Waals surface area contributed by atoms with Crippen molar-refractivity contribution in [2.24, 2.45) is 30.7 Å². The molecule has 2 heterocycles. The van der Waals surface area contributed by atoms with E-state index in [1.54, 1.807) is 42.7 Å². The molecular formula is C27H39N5O5. The van der Waals surface area contributed by atoms with Crippen LogP contribution in [0.3, 0.4) is 0 Å². The number of aromatic nitrogens is 4. The number of ether oxygens (including phenoxy) is 2. The molecule has 2 aromatic rings. The average Bonchev–Trinajstić information content (AvgIpc) is 3.22. The van der Waals surface area contributed by atoms with E-state index in [1.165, 1.54) is 52.1 Å². The maximum Gasteiger partial charge on any atom is 0.409 e. The van der Waals surface area contributed by atoms with Crippen molar-refractivity contribution >= 4 is 12.1 Å². The lowest BCUT2D eigenvalue weighted by molar-refractivity contribution is -0.152. The molecule has 1 amide bonds. The summed E-state index contributed by atoms with van der Waals surface area (Å²) in [5.41, 5.74) is 2.28. The Morgan fingerprint density at radius 3 is 2.51 bits per heavy atom. The third-order valence-electron chi connectivity index (χ3n) is 8.23. The van der Waals surface area contributed by atoms with Crippen molar-refractivity contribution in [2.45, 2.75) is 64.9 Å². The minimum atomic E-state index is -0.353. The number of esters is 1. The van der Waals surface area contributed by atoms with E-state index in [0.717, 1.165) is 18.9 Å². The Hall–Kier alpha value is -3.17. The Labute approximate surface area is 218 Å². The van der Waals surface area contributed by atoms with Crippen molar-refractivity contribution in [3.8, 4) is 17.1 Å². The van der Waals surface area contributed by atoms with Crippen LogP contribution >= 0.6 is 0 Å². The van der Waals surface area contributed by atoms with E-state index in [0.29, 0.717) is 34.6 Å². The topological polar surface area (TPSA) is 120 Å². The summed E-state index contributed by atoms with van der Waals surface area (Å²) >= 11 is 0. The molecule has 0 aromatic carbocycles. The van der Waals surface area contributed by atoms with Crippen LogP contribution in [0.2, 0.25) is 0 Å². The molecule has 0 spiro atoms. The standard InChI is InChI=1S/C17H23N5O3.C10H16O2/c1-11-15(23)8-7-13(18-11)16-14(22(3)20-19-16)10-25-17(24)21(2)9-12-5-4-6-12;1-12-10(11)9-4-2-3-7-5-6-8(7)9/h7-8,12,23H,4-6,9-10H2,1-3H3;7-9H,2-6H2,1H3/t;7?,8?,9-/m.1/s1. The second-order valence-corrected chi connectivity index (χ2v) is 10.6. The maximum atomic E-state index is 12.2. The Bertz CT molecular complexity index is 1100. The Balaban J connectivity index is 0.000000222. The number of nitrogens with zero attached hydrogens (tertiary/aromatic N) is 5. The molecule has 0 radical (unpaired) electrons. The molecule has 10 nitrogen and oxygen atoms in total. The van der Waals surface area contributed by atoms with E-state index in [-0.39, 0.29) is 30.3 Å². The van der Waals surface area contributed by atoms with Crippen LogP contribution in [0.1, 0.15) is 62.8 Å². The van der Waals surface area contributed by atoms with Gasteiger partial charge in [-0.05, 0) is 68.9 Å². The average molecular weight is 514 g/mol. The van der Waals surface area contributed by atoms with Gasteiger partial charge in [-0.2, -0.15) is 0 Å². The van der Waals surface area contributed by atoms with Gasteiger partial charge in [-0.1, -0.05) is 24.5 Å². The smallest absolute Gasteiger partial charge is 0.409 e. The lowest BCUT2D eigenvalue weighted by Crippen LogP contribution is -2.40. The molecule has 37 heavy (non-hydrogen) atoms. The number of methoxy groups -OCH3 is 1. The summed E-state index contributed by atoms with van der Waals surface area (Å²) in [5, 5.41) is 17.7. The summed E-state index contributed by atoms with van der Waals surface area (Å²) in [4.78, 5) is 29.5. The zero-order valence-corrected chi connectivity index (χ0v) is 22.4. The van der Waals surface area contributed by atoms with Gasteiger partial charge in [0.05, 0.1) is 24.4 Å². The summed E-state index contributed by atoms with van der Waals surface area (Å²) in [5.74, 6) is 2.51. The lowest BCUT2D eigenvalue weighted by Gasteiger charge is -2.44. The van der Waals surface area contributed by atoms with Crippen LogP contribution in [-0.2, 0) is 27.9 Å². The minimum absolute atomic E-state index is 0.0319. The van der Waals surface area contributed by atoms with E-state index in [9.17, 15) is 14.7 Å². The molecule has 3 atom stereocenters. The van der Waals surface area contributed by atoms with Gasteiger partial charge in [0.2, 0.25) is 0 Å². The van der Waals surface area contributed by atoms with Crippen molar-refractivity contribution in [3.05, 3.63) is 23.5 Å². The molecular weight excluding hydrogens is 474 g/mol. The van der Waals surface area contributed by atoms with Gasteiger partial charge >= 0.3 is 12.1 Å². The van der Waals surface area contributed by atoms with Crippen LogP contribution in [0.15, 0.2) is 12.1 Å². The molecule has 0 bridgehead atoms. The number of amides is 1. The van der Waals surface area contributed by atoms with E-state index in [2.05, 4.69) is 15.3 Å². The summed E-state index contributed by atoms with van der Waals surface area (Å²) < 4.78 is 11.8. The minimum Gasteiger partial charge on any atom is -0.506 e. The fraction of sp³-hybridized carbons (Fsp3) is 0.667. The number of carbonyl (C=O) groups is 2. The molecule has 0 saturated heterocycles. The number of pyridine rings is 1. The highest BCUT2D eigenvalue weighted by Crippen LogP contribution is 2.48. The number of carbonyl (C=O) groups excluding carboxylic acids is 2. The van der Waals surface area contributed by atoms with Crippen molar-refractivity contribution in [3.63, 3.8) is 0 Å². The van der Waals surface area contributed by atoms with Gasteiger partial charge in [0.1, 0.15) is 23.7 Å². The molecule has 10 heteroatoms. The number of aromatic hydroxyl groups is 1. The van der Waals surface area contributed by atoms with Crippen LogP contribution in [-0.4, -0.2) is 62.7 Å². The van der Waals surface area contributed by atoms with Gasteiger partial charge in [0, 0.05) is 20.6 Å². The normalized spacial score (nSPS) is 22.4. The predicted octanol–water partition coefficient (Wildman–Crippen LogP) is 4.25. The highest BCUT2D eigenvalue weighted by Gasteiger charge is 2.43. The van der Waals surface area contributed by atoms with Crippen molar-refractivity contribution in [1.82, 2.24) is 24.9 Å². The van der Waals surface area contributed by atoms with Crippen LogP contribution < -0.4 is 0 Å². The second-order valence-electron chi connectivity index (χ2n) is 10.6. The summed E-state index contributed by atoms with van der Waals surface area (Å²) in [6, 6.07) is 3.23. The molecule has 3 aliphatic rings. The van der Waals surface area contributed by atoms with E-state index in [1.807, 2.05) is 0 Å². The molecule has 5 rings (SSSR count). The third kappa shape index (κ3) is 6.22. The zero-order chi connectivity index (χ0) is 26.5. The SMILES string of the molecule is COC(=O)[C@@H]1CCCC2CCC21.Cc1nc(-c2nnn(C)c2COC(=O)N(C)CC2CCC2)ccc1O. The second kappa shape index (κ2) is 11.9. The Kier molecular flexibility index (Phi) is 8.66. The number of fused-ring (bicyclic) bond motifs is 1. The number of rotatable bonds is 6. The van der Waals surface area contributed by atoms with Crippen LogP contribution in [0, 0.1) is 30.6 Å². The third-order valence-corrected chi connectivity index (χ3v) is 8.23. The van der Waals surface area contributed by atoms with Crippen molar-refractivity contribution in [1.29, 1.82) is 0 Å². The molecule has 2 aromatic heterocycles. The molecule has 2 unspecified atom stereocenters. The molecule has 1 N–H and O–H groups in total. The number of aryl methyl sites for hydroxylation is 2. The number of hydrogen-bond acceptors (Lipinski definition) is 8. The first-order valence-corrected chi connectivity index (χ1v) is 13.3. The fourth-order valence-electron chi connectivity index (χ4n) is 5.54. The Morgan fingerprint density at radius 1 is 1.14 bits per heavy atom. The van der Waals surface area contributed by atoms with Gasteiger partial charge in [-0.25, -0.2) is 14.5 Å². The molecule has 3 fully saturated rings. The summed E-state index contributed by atoms with van der Waals surface area (Å²) in [7, 11) is 5.00. The summed E-state index contributed by atoms with van der Waals surface area (Å²) in [6.07, 6.45) is 9.49. The monoisotopic (exact) mass is 513 g/mol. The van der Waals surface area contributed by atoms with Gasteiger partial charge in [-0.15, -0.1) is 5.10 Å². The first-order valence-electron chi connectivity index (χ1n) is 13.3. The van der Waals surface area contributed by atoms with E-state index >= 15 is 0 Å².